The van der Waals surface area contributed by atoms with E-state index in [1.54, 1.807) is 6.08 Å². The maximum Gasteiger partial charge on any atom is 0.573 e. The third kappa shape index (κ3) is 6.72. The van der Waals surface area contributed by atoms with E-state index in [1.165, 1.54) is 30.0 Å². The fourth-order valence-electron chi connectivity index (χ4n) is 3.60. The highest BCUT2D eigenvalue weighted by atomic mass is 19.4. The molecule has 7 nitrogen and oxygen atoms in total. The van der Waals surface area contributed by atoms with Crippen molar-refractivity contribution in [1.82, 2.24) is 10.2 Å². The molecule has 1 aromatic rings. The lowest BCUT2D eigenvalue weighted by atomic mass is 9.99. The van der Waals surface area contributed by atoms with Crippen LogP contribution in [-0.2, 0) is 0 Å². The Hall–Kier alpha value is -3.05. The molecule has 11 heteroatoms. The third-order valence-electron chi connectivity index (χ3n) is 5.24. The molecule has 0 spiro atoms. The number of ether oxygens (including phenoxy) is 1. The Morgan fingerprint density at radius 2 is 2.12 bits per heavy atom. The number of benzene rings is 1. The summed E-state index contributed by atoms with van der Waals surface area (Å²) in [6.45, 7) is 1.94. The number of rotatable bonds is 6. The summed E-state index contributed by atoms with van der Waals surface area (Å²) in [6, 6.07) is 3.41. The van der Waals surface area contributed by atoms with Crippen LogP contribution in [0.25, 0.3) is 0 Å². The number of aliphatic hydroxyl groups excluding tert-OH is 2. The first-order valence-corrected chi connectivity index (χ1v) is 10.3. The van der Waals surface area contributed by atoms with Crippen LogP contribution in [0.3, 0.4) is 0 Å². The summed E-state index contributed by atoms with van der Waals surface area (Å²) in [4.78, 5) is 14.0. The van der Waals surface area contributed by atoms with Crippen molar-refractivity contribution in [3.05, 3.63) is 58.6 Å². The molecule has 1 atom stereocenters. The fraction of sp³-hybridized carbons (Fsp3) is 0.409. The minimum absolute atomic E-state index is 0.167. The fourth-order valence-corrected chi connectivity index (χ4v) is 3.60. The van der Waals surface area contributed by atoms with Gasteiger partial charge in [-0.05, 0) is 60.8 Å². The van der Waals surface area contributed by atoms with Crippen LogP contribution in [0.4, 0.5) is 28.0 Å². The maximum atomic E-state index is 14.5. The molecule has 0 aliphatic carbocycles. The van der Waals surface area contributed by atoms with Gasteiger partial charge < -0.3 is 30.5 Å². The summed E-state index contributed by atoms with van der Waals surface area (Å²) >= 11 is 0. The second kappa shape index (κ2) is 10.3. The molecule has 1 aromatic carbocycles. The van der Waals surface area contributed by atoms with Crippen molar-refractivity contribution >= 4 is 11.7 Å². The number of carbonyl (C=O) groups excluding carboxylic acids is 1. The van der Waals surface area contributed by atoms with E-state index in [1.807, 2.05) is 0 Å². The number of anilines is 1. The van der Waals surface area contributed by atoms with Gasteiger partial charge in [-0.3, -0.25) is 0 Å². The molecule has 2 aliphatic rings. The zero-order chi connectivity index (χ0) is 24.2. The van der Waals surface area contributed by atoms with Crippen molar-refractivity contribution in [1.29, 1.82) is 0 Å². The van der Waals surface area contributed by atoms with Crippen molar-refractivity contribution in [3.63, 3.8) is 0 Å². The summed E-state index contributed by atoms with van der Waals surface area (Å²) in [6.07, 6.45) is -2.08. The number of amides is 2. The molecule has 0 unspecified atom stereocenters. The molecule has 0 saturated carbocycles. The summed E-state index contributed by atoms with van der Waals surface area (Å²) < 4.78 is 55.6. The molecule has 2 heterocycles. The average Bonchev–Trinajstić information content (AvgIpc) is 2.75. The Bertz CT molecular complexity index is 988. The van der Waals surface area contributed by atoms with E-state index < -0.39 is 30.9 Å². The number of nitrogens with zero attached hydrogens (tertiary/aromatic N) is 1. The lowest BCUT2D eigenvalue weighted by Gasteiger charge is -2.29. The van der Waals surface area contributed by atoms with Crippen molar-refractivity contribution < 1.29 is 37.3 Å². The van der Waals surface area contributed by atoms with Crippen LogP contribution in [0.15, 0.2) is 53.0 Å². The second-order valence-electron chi connectivity index (χ2n) is 7.80. The largest absolute Gasteiger partial charge is 0.573 e. The number of dihydropyridines is 1. The number of halogens is 4. The first-order chi connectivity index (χ1) is 15.6. The van der Waals surface area contributed by atoms with Crippen LogP contribution >= 0.6 is 0 Å². The minimum Gasteiger partial charge on any atom is -0.406 e. The highest BCUT2D eigenvalue weighted by Gasteiger charge is 2.31. The van der Waals surface area contributed by atoms with Crippen molar-refractivity contribution in [2.24, 2.45) is 0 Å². The summed E-state index contributed by atoms with van der Waals surface area (Å²) in [5.41, 5.74) is 2.24. The normalized spacial score (nSPS) is 17.7. The summed E-state index contributed by atoms with van der Waals surface area (Å²) in [7, 11) is 0. The molecular formula is C22H25F4N3O4. The second-order valence-corrected chi connectivity index (χ2v) is 7.80. The number of aliphatic hydroxyl groups is 2. The number of aryl methyl sites for hydroxylation is 1. The van der Waals surface area contributed by atoms with Crippen molar-refractivity contribution in [3.8, 4) is 5.75 Å². The van der Waals surface area contributed by atoms with E-state index in [-0.39, 0.29) is 24.3 Å². The lowest BCUT2D eigenvalue weighted by Crippen LogP contribution is -2.39. The number of carbonyl (C=O) groups is 1. The van der Waals surface area contributed by atoms with Gasteiger partial charge in [-0.25, -0.2) is 9.18 Å². The molecule has 0 fully saturated rings. The molecule has 0 aromatic heterocycles. The van der Waals surface area contributed by atoms with Gasteiger partial charge in [0.15, 0.2) is 0 Å². The van der Waals surface area contributed by atoms with Gasteiger partial charge in [-0.1, -0.05) is 6.08 Å². The molecule has 2 amide bonds. The predicted octanol–water partition coefficient (Wildman–Crippen LogP) is 3.51. The molecule has 180 valence electrons. The Labute approximate surface area is 188 Å². The van der Waals surface area contributed by atoms with Gasteiger partial charge >= 0.3 is 12.4 Å². The molecular weight excluding hydrogens is 446 g/mol. The van der Waals surface area contributed by atoms with Crippen LogP contribution in [-0.4, -0.2) is 59.9 Å². The highest BCUT2D eigenvalue weighted by molar-refractivity contribution is 5.89. The molecule has 0 saturated heterocycles. The SMILES string of the molecule is Cc1cc(NC(=O)N2CC=C(C3=C(F)C=C(C[C@@H](O)CO)CN3)CC2)ccc1OC(F)(F)F. The van der Waals surface area contributed by atoms with Crippen LogP contribution < -0.4 is 15.4 Å². The summed E-state index contributed by atoms with van der Waals surface area (Å²) in [5, 5.41) is 24.1. The Morgan fingerprint density at radius 1 is 1.36 bits per heavy atom. The molecule has 3 rings (SSSR count). The standard InChI is InChI=1S/C22H25F4N3O4/c1-13-8-16(2-3-19(13)33-22(24,25)26)28-21(32)29-6-4-15(5-7-29)20-18(23)10-14(11-27-20)9-17(31)12-30/h2-4,8,10,17,27,30-31H,5-7,9,11-12H2,1H3,(H,28,32)/t17-/m1/s1. The van der Waals surface area contributed by atoms with E-state index in [0.717, 1.165) is 11.6 Å². The van der Waals surface area contributed by atoms with E-state index >= 15 is 0 Å². The van der Waals surface area contributed by atoms with Gasteiger partial charge in [0.25, 0.3) is 0 Å². The summed E-state index contributed by atoms with van der Waals surface area (Å²) in [5.74, 6) is -0.813. The van der Waals surface area contributed by atoms with Crippen molar-refractivity contribution in [2.75, 3.05) is 31.6 Å². The van der Waals surface area contributed by atoms with E-state index in [2.05, 4.69) is 15.4 Å². The van der Waals surface area contributed by atoms with Gasteiger partial charge in [0.1, 0.15) is 11.6 Å². The zero-order valence-corrected chi connectivity index (χ0v) is 17.9. The quantitative estimate of drug-likeness (QED) is 0.477. The van der Waals surface area contributed by atoms with Gasteiger partial charge in [0.2, 0.25) is 0 Å². The van der Waals surface area contributed by atoms with Gasteiger partial charge in [0.05, 0.1) is 18.4 Å². The smallest absolute Gasteiger partial charge is 0.406 e. The van der Waals surface area contributed by atoms with Gasteiger partial charge in [-0.15, -0.1) is 13.2 Å². The minimum atomic E-state index is -4.80. The van der Waals surface area contributed by atoms with Crippen molar-refractivity contribution in [2.45, 2.75) is 32.2 Å². The zero-order valence-electron chi connectivity index (χ0n) is 17.9. The molecule has 0 bridgehead atoms. The average molecular weight is 471 g/mol. The Kier molecular flexibility index (Phi) is 7.65. The molecule has 33 heavy (non-hydrogen) atoms. The lowest BCUT2D eigenvalue weighted by molar-refractivity contribution is -0.274. The highest BCUT2D eigenvalue weighted by Crippen LogP contribution is 2.29. The first kappa shape index (κ1) is 24.6. The number of nitrogens with one attached hydrogen (secondary N) is 2. The predicted molar refractivity (Wildman–Crippen MR) is 113 cm³/mol. The molecule has 4 N–H and O–H groups in total. The number of urea groups is 1. The Morgan fingerprint density at radius 3 is 2.70 bits per heavy atom. The van der Waals surface area contributed by atoms with E-state index in [9.17, 15) is 27.5 Å². The monoisotopic (exact) mass is 471 g/mol. The number of hydrogen-bond donors (Lipinski definition) is 4. The van der Waals surface area contributed by atoms with E-state index in [4.69, 9.17) is 5.11 Å². The Balaban J connectivity index is 1.60. The molecule has 0 radical (unpaired) electrons. The first-order valence-electron chi connectivity index (χ1n) is 10.3. The number of alkyl halides is 3. The van der Waals surface area contributed by atoms with Crippen LogP contribution in [0.2, 0.25) is 0 Å². The number of allylic oxidation sites excluding steroid dienone is 3. The maximum absolute atomic E-state index is 14.5. The number of hydrogen-bond acceptors (Lipinski definition) is 5. The van der Waals surface area contributed by atoms with Crippen LogP contribution in [0.1, 0.15) is 18.4 Å². The third-order valence-corrected chi connectivity index (χ3v) is 5.24. The van der Waals surface area contributed by atoms with Gasteiger partial charge in [-0.2, -0.15) is 0 Å². The van der Waals surface area contributed by atoms with Crippen LogP contribution in [0, 0.1) is 6.92 Å². The molecule has 2 aliphatic heterocycles. The van der Waals surface area contributed by atoms with Gasteiger partial charge in [0, 0.05) is 25.3 Å². The topological polar surface area (TPSA) is 94.1 Å². The van der Waals surface area contributed by atoms with Crippen LogP contribution in [0.5, 0.6) is 5.75 Å². The van der Waals surface area contributed by atoms with E-state index in [0.29, 0.717) is 36.5 Å².